The van der Waals surface area contributed by atoms with Crippen LogP contribution in [0.1, 0.15) is 5.56 Å². The fourth-order valence-electron chi connectivity index (χ4n) is 2.09. The Morgan fingerprint density at radius 3 is 2.50 bits per heavy atom. The van der Waals surface area contributed by atoms with Crippen LogP contribution in [0.15, 0.2) is 54.6 Å². The van der Waals surface area contributed by atoms with E-state index in [1.165, 1.54) is 0 Å². The average molecular weight is 239 g/mol. The summed E-state index contributed by atoms with van der Waals surface area (Å²) in [5.41, 5.74) is 1.94. The molecule has 1 amide bonds. The number of benzene rings is 2. The fourth-order valence-corrected chi connectivity index (χ4v) is 2.09. The molecule has 0 unspecified atom stereocenters. The number of para-hydroxylation sites is 2. The summed E-state index contributed by atoms with van der Waals surface area (Å²) < 4.78 is 5.52. The Kier molecular flexibility index (Phi) is 2.73. The molecule has 0 atom stereocenters. The van der Waals surface area contributed by atoms with Gasteiger partial charge in [-0.3, -0.25) is 4.79 Å². The van der Waals surface area contributed by atoms with Crippen LogP contribution in [0.4, 0.5) is 5.69 Å². The molecule has 0 saturated heterocycles. The standard InChI is InChI=1S/C15H13NO2/c17-15-11-18-14-9-5-4-6-12(14)10-16(15)13-7-2-1-3-8-13/h1-9H,10-11H2. The molecule has 3 heteroatoms. The van der Waals surface area contributed by atoms with Gasteiger partial charge in [0.15, 0.2) is 6.61 Å². The third-order valence-electron chi connectivity index (χ3n) is 3.02. The first kappa shape index (κ1) is 10.8. The Bertz CT molecular complexity index is 566. The second-order valence-corrected chi connectivity index (χ2v) is 4.21. The van der Waals surface area contributed by atoms with Crippen molar-refractivity contribution in [2.75, 3.05) is 11.5 Å². The minimum absolute atomic E-state index is 0.0163. The number of carbonyl (C=O) groups excluding carboxylic acids is 1. The SMILES string of the molecule is O=C1COc2ccccc2CN1c1ccccc1. The Morgan fingerprint density at radius 1 is 0.944 bits per heavy atom. The minimum Gasteiger partial charge on any atom is -0.483 e. The monoisotopic (exact) mass is 239 g/mol. The number of rotatable bonds is 1. The zero-order valence-electron chi connectivity index (χ0n) is 9.87. The van der Waals surface area contributed by atoms with E-state index in [9.17, 15) is 4.79 Å². The van der Waals surface area contributed by atoms with Gasteiger partial charge in [0.05, 0.1) is 6.54 Å². The lowest BCUT2D eigenvalue weighted by Crippen LogP contribution is -2.32. The number of ether oxygens (including phenoxy) is 1. The Hall–Kier alpha value is -2.29. The second-order valence-electron chi connectivity index (χ2n) is 4.21. The molecular weight excluding hydrogens is 226 g/mol. The van der Waals surface area contributed by atoms with Crippen molar-refractivity contribution in [2.45, 2.75) is 6.54 Å². The van der Waals surface area contributed by atoms with Gasteiger partial charge in [-0.25, -0.2) is 0 Å². The van der Waals surface area contributed by atoms with Gasteiger partial charge in [0, 0.05) is 11.3 Å². The van der Waals surface area contributed by atoms with Crippen molar-refractivity contribution in [3.05, 3.63) is 60.2 Å². The molecule has 3 nitrogen and oxygen atoms in total. The van der Waals surface area contributed by atoms with Gasteiger partial charge >= 0.3 is 0 Å². The maximum atomic E-state index is 12.1. The van der Waals surface area contributed by atoms with Crippen LogP contribution in [-0.2, 0) is 11.3 Å². The average Bonchev–Trinajstić information content (AvgIpc) is 2.60. The molecule has 0 spiro atoms. The van der Waals surface area contributed by atoms with Crippen LogP contribution < -0.4 is 9.64 Å². The van der Waals surface area contributed by atoms with E-state index in [0.29, 0.717) is 6.54 Å². The van der Waals surface area contributed by atoms with Crippen molar-refractivity contribution in [3.63, 3.8) is 0 Å². The molecule has 2 aromatic rings. The van der Waals surface area contributed by atoms with Crippen molar-refractivity contribution >= 4 is 11.6 Å². The van der Waals surface area contributed by atoms with Crippen LogP contribution in [-0.4, -0.2) is 12.5 Å². The lowest BCUT2D eigenvalue weighted by atomic mass is 10.2. The van der Waals surface area contributed by atoms with Gasteiger partial charge in [-0.2, -0.15) is 0 Å². The highest BCUT2D eigenvalue weighted by Crippen LogP contribution is 2.26. The lowest BCUT2D eigenvalue weighted by molar-refractivity contribution is -0.120. The molecule has 2 aromatic carbocycles. The van der Waals surface area contributed by atoms with Gasteiger partial charge in [0.2, 0.25) is 0 Å². The number of carbonyl (C=O) groups is 1. The van der Waals surface area contributed by atoms with Gasteiger partial charge in [0.25, 0.3) is 5.91 Å². The number of hydrogen-bond acceptors (Lipinski definition) is 2. The predicted octanol–water partition coefficient (Wildman–Crippen LogP) is 2.61. The molecule has 90 valence electrons. The molecule has 0 fully saturated rings. The molecule has 0 N–H and O–H groups in total. The maximum absolute atomic E-state index is 12.1. The molecule has 0 saturated carbocycles. The molecule has 3 rings (SSSR count). The van der Waals surface area contributed by atoms with Crippen molar-refractivity contribution < 1.29 is 9.53 Å². The molecule has 1 heterocycles. The highest BCUT2D eigenvalue weighted by molar-refractivity contribution is 5.94. The molecular formula is C15H13NO2. The zero-order chi connectivity index (χ0) is 12.4. The quantitative estimate of drug-likeness (QED) is 0.765. The Balaban J connectivity index is 1.99. The fraction of sp³-hybridized carbons (Fsp3) is 0.133. The lowest BCUT2D eigenvalue weighted by Gasteiger charge is -2.19. The topological polar surface area (TPSA) is 29.5 Å². The van der Waals surface area contributed by atoms with Crippen molar-refractivity contribution in [1.82, 2.24) is 0 Å². The van der Waals surface area contributed by atoms with E-state index in [1.54, 1.807) is 4.90 Å². The molecule has 1 aliphatic rings. The summed E-state index contributed by atoms with van der Waals surface area (Å²) >= 11 is 0. The van der Waals surface area contributed by atoms with E-state index >= 15 is 0 Å². The van der Waals surface area contributed by atoms with Crippen LogP contribution in [0.2, 0.25) is 0 Å². The second kappa shape index (κ2) is 4.53. The molecule has 0 aliphatic carbocycles. The third-order valence-corrected chi connectivity index (χ3v) is 3.02. The first-order chi connectivity index (χ1) is 8.84. The van der Waals surface area contributed by atoms with Crippen LogP contribution in [0.25, 0.3) is 0 Å². The number of anilines is 1. The van der Waals surface area contributed by atoms with Crippen LogP contribution >= 0.6 is 0 Å². The van der Waals surface area contributed by atoms with E-state index < -0.39 is 0 Å². The molecule has 1 aliphatic heterocycles. The largest absolute Gasteiger partial charge is 0.483 e. The van der Waals surface area contributed by atoms with Crippen LogP contribution in [0, 0.1) is 0 Å². The zero-order valence-corrected chi connectivity index (χ0v) is 9.87. The van der Waals surface area contributed by atoms with Gasteiger partial charge in [-0.05, 0) is 18.2 Å². The molecule has 0 radical (unpaired) electrons. The van der Waals surface area contributed by atoms with E-state index in [2.05, 4.69) is 0 Å². The summed E-state index contributed by atoms with van der Waals surface area (Å²) in [4.78, 5) is 13.8. The van der Waals surface area contributed by atoms with Gasteiger partial charge in [-0.1, -0.05) is 36.4 Å². The summed E-state index contributed by atoms with van der Waals surface area (Å²) in [6, 6.07) is 17.4. The third kappa shape index (κ3) is 1.95. The van der Waals surface area contributed by atoms with E-state index in [0.717, 1.165) is 17.0 Å². The Labute approximate surface area is 106 Å². The van der Waals surface area contributed by atoms with Crippen molar-refractivity contribution in [3.8, 4) is 5.75 Å². The summed E-state index contributed by atoms with van der Waals surface area (Å²) in [6.07, 6.45) is 0. The van der Waals surface area contributed by atoms with Crippen LogP contribution in [0.3, 0.4) is 0 Å². The molecule has 0 aromatic heterocycles. The van der Waals surface area contributed by atoms with E-state index in [4.69, 9.17) is 4.74 Å². The summed E-state index contributed by atoms with van der Waals surface area (Å²) in [6.45, 7) is 0.644. The Morgan fingerprint density at radius 2 is 1.67 bits per heavy atom. The van der Waals surface area contributed by atoms with Crippen molar-refractivity contribution in [1.29, 1.82) is 0 Å². The first-order valence-electron chi connectivity index (χ1n) is 5.91. The highest BCUT2D eigenvalue weighted by atomic mass is 16.5. The number of amides is 1. The molecule has 0 bridgehead atoms. The van der Waals surface area contributed by atoms with E-state index in [1.807, 2.05) is 54.6 Å². The number of fused-ring (bicyclic) bond motifs is 1. The maximum Gasteiger partial charge on any atom is 0.265 e. The number of nitrogens with zero attached hydrogens (tertiary/aromatic N) is 1. The summed E-state index contributed by atoms with van der Waals surface area (Å²) in [5.74, 6) is 0.779. The minimum atomic E-state index is -0.0163. The van der Waals surface area contributed by atoms with Crippen LogP contribution in [0.5, 0.6) is 5.75 Å². The van der Waals surface area contributed by atoms with Gasteiger partial charge in [-0.15, -0.1) is 0 Å². The highest BCUT2D eigenvalue weighted by Gasteiger charge is 2.22. The summed E-state index contributed by atoms with van der Waals surface area (Å²) in [5, 5.41) is 0. The first-order valence-corrected chi connectivity index (χ1v) is 5.91. The van der Waals surface area contributed by atoms with Gasteiger partial charge < -0.3 is 9.64 Å². The van der Waals surface area contributed by atoms with Crippen molar-refractivity contribution in [2.24, 2.45) is 0 Å². The molecule has 18 heavy (non-hydrogen) atoms. The smallest absolute Gasteiger partial charge is 0.265 e. The van der Waals surface area contributed by atoms with Gasteiger partial charge in [0.1, 0.15) is 5.75 Å². The summed E-state index contributed by atoms with van der Waals surface area (Å²) in [7, 11) is 0. The predicted molar refractivity (Wildman–Crippen MR) is 69.6 cm³/mol. The normalized spacial score (nSPS) is 14.7. The van der Waals surface area contributed by atoms with E-state index in [-0.39, 0.29) is 12.5 Å². The number of hydrogen-bond donors (Lipinski definition) is 0.